The van der Waals surface area contributed by atoms with Gasteiger partial charge in [-0.15, -0.1) is 0 Å². The Morgan fingerprint density at radius 1 is 1.40 bits per heavy atom. The van der Waals surface area contributed by atoms with E-state index in [-0.39, 0.29) is 6.54 Å². The molecule has 0 fully saturated rings. The number of hydrogen-bond acceptors (Lipinski definition) is 4. The monoisotopic (exact) mass is 218 g/mol. The fraction of sp³-hybridized carbons (Fsp3) is 0.778. The molecule has 0 aromatic rings. The van der Waals surface area contributed by atoms with Crippen molar-refractivity contribution in [1.82, 2.24) is 5.32 Å². The smallest absolute Gasteiger partial charge is 0.407 e. The van der Waals surface area contributed by atoms with Crippen LogP contribution < -0.4 is 11.1 Å². The first-order valence-electron chi connectivity index (χ1n) is 4.76. The predicted octanol–water partition coefficient (Wildman–Crippen LogP) is 0.996. The number of hydrogen-bond donors (Lipinski definition) is 2. The van der Waals surface area contributed by atoms with Crippen LogP contribution in [0.15, 0.2) is 0 Å². The van der Waals surface area contributed by atoms with Gasteiger partial charge in [0, 0.05) is 0 Å². The van der Waals surface area contributed by atoms with Gasteiger partial charge in [0.25, 0.3) is 0 Å². The molecule has 3 N–H and O–H groups in total. The van der Waals surface area contributed by atoms with Crippen molar-refractivity contribution in [3.05, 3.63) is 0 Å². The Bertz CT molecular complexity index is 228. The molecule has 0 rings (SSSR count). The maximum atomic E-state index is 11.0. The number of rotatable bonds is 5. The van der Waals surface area contributed by atoms with Gasteiger partial charge in [-0.2, -0.15) is 0 Å². The number of carbonyl (C=O) groups excluding carboxylic acids is 2. The van der Waals surface area contributed by atoms with Crippen LogP contribution in [0, 0.1) is 0 Å². The molecule has 0 saturated carbocycles. The molecule has 0 aliphatic heterocycles. The van der Waals surface area contributed by atoms with E-state index in [1.54, 1.807) is 13.8 Å². The number of amides is 2. The first-order valence-corrected chi connectivity index (χ1v) is 4.76. The number of primary amides is 1. The first-order chi connectivity index (χ1) is 6.87. The van der Waals surface area contributed by atoms with Crippen LogP contribution >= 0.6 is 0 Å². The van der Waals surface area contributed by atoms with Crippen molar-refractivity contribution in [1.29, 1.82) is 0 Å². The van der Waals surface area contributed by atoms with E-state index in [9.17, 15) is 9.59 Å². The molecule has 0 aromatic carbocycles. The Balaban J connectivity index is 3.82. The summed E-state index contributed by atoms with van der Waals surface area (Å²) in [5.41, 5.74) is 4.02. The summed E-state index contributed by atoms with van der Waals surface area (Å²) in [7, 11) is 0. The van der Waals surface area contributed by atoms with Gasteiger partial charge in [-0.25, -0.2) is 9.59 Å². The zero-order valence-corrected chi connectivity index (χ0v) is 9.33. The second-order valence-corrected chi connectivity index (χ2v) is 3.67. The van der Waals surface area contributed by atoms with Gasteiger partial charge in [-0.05, 0) is 20.3 Å². The number of nitrogens with one attached hydrogen (secondary N) is 1. The molecular formula is C9H18N2O4. The van der Waals surface area contributed by atoms with Crippen LogP contribution in [0.5, 0.6) is 0 Å². The maximum Gasteiger partial charge on any atom is 0.407 e. The van der Waals surface area contributed by atoms with Gasteiger partial charge in [-0.3, -0.25) is 0 Å². The van der Waals surface area contributed by atoms with E-state index < -0.39 is 17.8 Å². The standard InChI is InChI=1S/C9H18N2O4/c1-4-5-14-8(13)11-6-9(2,3)15-7(10)12/h4-6H2,1-3H3,(H2,10,12)(H,11,13). The van der Waals surface area contributed by atoms with E-state index in [4.69, 9.17) is 15.2 Å². The lowest BCUT2D eigenvalue weighted by atomic mass is 10.1. The second-order valence-electron chi connectivity index (χ2n) is 3.67. The SMILES string of the molecule is CCCOC(=O)NCC(C)(C)OC(N)=O. The zero-order chi connectivity index (χ0) is 11.9. The highest BCUT2D eigenvalue weighted by Crippen LogP contribution is 2.06. The minimum atomic E-state index is -0.872. The van der Waals surface area contributed by atoms with Crippen molar-refractivity contribution in [2.24, 2.45) is 5.73 Å². The predicted molar refractivity (Wildman–Crippen MR) is 54.4 cm³/mol. The van der Waals surface area contributed by atoms with Gasteiger partial charge in [-0.1, -0.05) is 6.92 Å². The average Bonchev–Trinajstić information content (AvgIpc) is 2.09. The van der Waals surface area contributed by atoms with Crippen molar-refractivity contribution < 1.29 is 19.1 Å². The second kappa shape index (κ2) is 6.10. The van der Waals surface area contributed by atoms with Gasteiger partial charge in [0.15, 0.2) is 0 Å². The Hall–Kier alpha value is -1.46. The van der Waals surface area contributed by atoms with Gasteiger partial charge < -0.3 is 20.5 Å². The van der Waals surface area contributed by atoms with Crippen molar-refractivity contribution in [2.45, 2.75) is 32.8 Å². The number of ether oxygens (including phenoxy) is 2. The molecule has 0 heterocycles. The van der Waals surface area contributed by atoms with Crippen LogP contribution in [0.1, 0.15) is 27.2 Å². The quantitative estimate of drug-likeness (QED) is 0.720. The van der Waals surface area contributed by atoms with E-state index in [0.29, 0.717) is 6.61 Å². The third kappa shape index (κ3) is 7.60. The van der Waals surface area contributed by atoms with Crippen molar-refractivity contribution >= 4 is 12.2 Å². The molecule has 2 amide bonds. The summed E-state index contributed by atoms with van der Waals surface area (Å²) >= 11 is 0. The molecule has 6 heteroatoms. The largest absolute Gasteiger partial charge is 0.450 e. The minimum Gasteiger partial charge on any atom is -0.450 e. The Morgan fingerprint density at radius 2 is 2.00 bits per heavy atom. The molecule has 0 radical (unpaired) electrons. The molecule has 6 nitrogen and oxygen atoms in total. The maximum absolute atomic E-state index is 11.0. The van der Waals surface area contributed by atoms with Crippen LogP contribution in [0.3, 0.4) is 0 Å². The fourth-order valence-electron chi connectivity index (χ4n) is 0.839. The van der Waals surface area contributed by atoms with Crippen molar-refractivity contribution in [2.75, 3.05) is 13.2 Å². The molecule has 0 aliphatic carbocycles. The van der Waals surface area contributed by atoms with Crippen LogP contribution in [-0.4, -0.2) is 30.9 Å². The molecule has 0 spiro atoms. The van der Waals surface area contributed by atoms with E-state index in [0.717, 1.165) is 6.42 Å². The number of alkyl carbamates (subject to hydrolysis) is 1. The highest BCUT2D eigenvalue weighted by Gasteiger charge is 2.22. The van der Waals surface area contributed by atoms with E-state index in [1.807, 2.05) is 6.92 Å². The van der Waals surface area contributed by atoms with Crippen LogP contribution in [0.2, 0.25) is 0 Å². The summed E-state index contributed by atoms with van der Waals surface area (Å²) in [6.45, 7) is 5.69. The molecule has 0 saturated heterocycles. The molecule has 0 aromatic heterocycles. The molecule has 0 bridgehead atoms. The first kappa shape index (κ1) is 13.5. The summed E-state index contributed by atoms with van der Waals surface area (Å²) in [6, 6.07) is 0. The van der Waals surface area contributed by atoms with E-state index in [1.165, 1.54) is 0 Å². The molecule has 88 valence electrons. The molecule has 0 aliphatic rings. The van der Waals surface area contributed by atoms with Gasteiger partial charge in [0.1, 0.15) is 5.60 Å². The zero-order valence-electron chi connectivity index (χ0n) is 9.33. The summed E-state index contributed by atoms with van der Waals surface area (Å²) in [6.07, 6.45) is -0.643. The van der Waals surface area contributed by atoms with Crippen LogP contribution in [-0.2, 0) is 9.47 Å². The van der Waals surface area contributed by atoms with Crippen LogP contribution in [0.25, 0.3) is 0 Å². The lowest BCUT2D eigenvalue weighted by Crippen LogP contribution is -2.43. The van der Waals surface area contributed by atoms with Gasteiger partial charge in [0.05, 0.1) is 13.2 Å². The minimum absolute atomic E-state index is 0.151. The highest BCUT2D eigenvalue weighted by atomic mass is 16.6. The molecule has 0 atom stereocenters. The summed E-state index contributed by atoms with van der Waals surface area (Å²) in [5, 5.41) is 2.47. The highest BCUT2D eigenvalue weighted by molar-refractivity contribution is 5.67. The van der Waals surface area contributed by atoms with E-state index >= 15 is 0 Å². The van der Waals surface area contributed by atoms with Gasteiger partial charge in [0.2, 0.25) is 0 Å². The van der Waals surface area contributed by atoms with Crippen molar-refractivity contribution in [3.63, 3.8) is 0 Å². The Labute approximate surface area is 89.1 Å². The normalized spacial score (nSPS) is 10.6. The Morgan fingerprint density at radius 3 is 2.47 bits per heavy atom. The molecule has 0 unspecified atom stereocenters. The lowest BCUT2D eigenvalue weighted by Gasteiger charge is -2.23. The van der Waals surface area contributed by atoms with E-state index in [2.05, 4.69) is 5.32 Å². The fourth-order valence-corrected chi connectivity index (χ4v) is 0.839. The van der Waals surface area contributed by atoms with Crippen molar-refractivity contribution in [3.8, 4) is 0 Å². The number of carbonyl (C=O) groups is 2. The summed E-state index contributed by atoms with van der Waals surface area (Å²) < 4.78 is 9.53. The third-order valence-electron chi connectivity index (χ3n) is 1.47. The molecule has 15 heavy (non-hydrogen) atoms. The topological polar surface area (TPSA) is 90.7 Å². The third-order valence-corrected chi connectivity index (χ3v) is 1.47. The molecular weight excluding hydrogens is 200 g/mol. The lowest BCUT2D eigenvalue weighted by molar-refractivity contribution is 0.0437. The summed E-state index contributed by atoms with van der Waals surface area (Å²) in [4.78, 5) is 21.5. The number of nitrogens with two attached hydrogens (primary N) is 1. The summed E-state index contributed by atoms with van der Waals surface area (Å²) in [5.74, 6) is 0. The van der Waals surface area contributed by atoms with Gasteiger partial charge >= 0.3 is 12.2 Å². The average molecular weight is 218 g/mol. The van der Waals surface area contributed by atoms with Crippen LogP contribution in [0.4, 0.5) is 9.59 Å². The Kier molecular flexibility index (Phi) is 5.51.